The number of rotatable bonds is 4. The highest BCUT2D eigenvalue weighted by atomic mass is 79.9. The van der Waals surface area contributed by atoms with Crippen LogP contribution < -0.4 is 0 Å². The van der Waals surface area contributed by atoms with Gasteiger partial charge in [0.1, 0.15) is 0 Å². The number of aliphatic hydroxyl groups is 1. The van der Waals surface area contributed by atoms with Crippen LogP contribution in [-0.2, 0) is 13.0 Å². The van der Waals surface area contributed by atoms with Gasteiger partial charge in [0, 0.05) is 25.4 Å². The molecule has 0 radical (unpaired) electrons. The van der Waals surface area contributed by atoms with E-state index >= 15 is 0 Å². The molecule has 4 aromatic heterocycles. The molecule has 0 aliphatic heterocycles. The lowest BCUT2D eigenvalue weighted by Gasteiger charge is -2.05. The van der Waals surface area contributed by atoms with Crippen LogP contribution in [0.15, 0.2) is 82.0 Å². The standard InChI is InChI=1S/C14H11BrClN3.C13H9BrClN3O/c1-2-10-4-3-5-14(18-10)19-13-7-9(15)6-12(16)11(13)8-17-19;14-8-4-11(15)10-6-16-18(12(10)5-8)13-3-1-2-9(7-19)17-13/h3-8H,2H2,1H3;1-6,19H,7H2. The van der Waals surface area contributed by atoms with Crippen molar-refractivity contribution in [2.24, 2.45) is 0 Å². The Hall–Kier alpha value is -2.82. The summed E-state index contributed by atoms with van der Waals surface area (Å²) in [6, 6.07) is 19.0. The molecule has 0 atom stereocenters. The van der Waals surface area contributed by atoms with Crippen LogP contribution in [0.3, 0.4) is 0 Å². The molecule has 7 nitrogen and oxygen atoms in total. The van der Waals surface area contributed by atoms with Crippen LogP contribution in [0.4, 0.5) is 0 Å². The molecule has 6 rings (SSSR count). The fourth-order valence-corrected chi connectivity index (χ4v) is 5.61. The van der Waals surface area contributed by atoms with Gasteiger partial charge in [-0.1, -0.05) is 74.1 Å². The Labute approximate surface area is 245 Å². The number of hydrogen-bond acceptors (Lipinski definition) is 5. The van der Waals surface area contributed by atoms with Crippen molar-refractivity contribution in [3.8, 4) is 11.6 Å². The smallest absolute Gasteiger partial charge is 0.154 e. The second-order valence-electron chi connectivity index (χ2n) is 8.24. The molecule has 38 heavy (non-hydrogen) atoms. The Morgan fingerprint density at radius 3 is 1.68 bits per heavy atom. The fraction of sp³-hybridized carbons (Fsp3) is 0.111. The van der Waals surface area contributed by atoms with Gasteiger partial charge in [-0.05, 0) is 55.0 Å². The monoisotopic (exact) mass is 672 g/mol. The molecule has 0 saturated carbocycles. The van der Waals surface area contributed by atoms with E-state index in [1.807, 2.05) is 59.3 Å². The lowest BCUT2D eigenvalue weighted by atomic mass is 10.2. The summed E-state index contributed by atoms with van der Waals surface area (Å²) < 4.78 is 5.32. The zero-order valence-corrected chi connectivity index (χ0v) is 24.7. The van der Waals surface area contributed by atoms with Gasteiger partial charge in [0.15, 0.2) is 11.6 Å². The van der Waals surface area contributed by atoms with Crippen molar-refractivity contribution in [1.29, 1.82) is 0 Å². The second kappa shape index (κ2) is 11.5. The predicted octanol–water partition coefficient (Wildman–Crippen LogP) is 7.73. The van der Waals surface area contributed by atoms with Crippen molar-refractivity contribution in [2.75, 3.05) is 0 Å². The van der Waals surface area contributed by atoms with Gasteiger partial charge in [0.05, 0.1) is 45.8 Å². The number of aliphatic hydroxyl groups excluding tert-OH is 1. The maximum Gasteiger partial charge on any atom is 0.154 e. The first-order valence-electron chi connectivity index (χ1n) is 11.6. The summed E-state index contributed by atoms with van der Waals surface area (Å²) in [7, 11) is 0. The first-order valence-corrected chi connectivity index (χ1v) is 13.9. The minimum Gasteiger partial charge on any atom is -0.390 e. The van der Waals surface area contributed by atoms with Crippen LogP contribution in [0.5, 0.6) is 0 Å². The number of nitrogens with zero attached hydrogens (tertiary/aromatic N) is 6. The highest BCUT2D eigenvalue weighted by Gasteiger charge is 2.11. The van der Waals surface area contributed by atoms with E-state index in [0.29, 0.717) is 21.6 Å². The molecule has 0 saturated heterocycles. The molecule has 0 bridgehead atoms. The Bertz CT molecular complexity index is 1640. The molecular weight excluding hydrogens is 655 g/mol. The number of aryl methyl sites for hydroxylation is 1. The van der Waals surface area contributed by atoms with Gasteiger partial charge in [-0.3, -0.25) is 0 Å². The zero-order chi connectivity index (χ0) is 26.8. The number of pyridine rings is 2. The van der Waals surface area contributed by atoms with Crippen LogP contribution in [0.25, 0.3) is 33.4 Å². The average molecular weight is 675 g/mol. The maximum atomic E-state index is 9.14. The summed E-state index contributed by atoms with van der Waals surface area (Å²) in [5.41, 5.74) is 3.45. The van der Waals surface area contributed by atoms with Gasteiger partial charge in [-0.15, -0.1) is 0 Å². The van der Waals surface area contributed by atoms with E-state index in [2.05, 4.69) is 58.9 Å². The summed E-state index contributed by atoms with van der Waals surface area (Å²) >= 11 is 19.3. The fourth-order valence-electron chi connectivity index (χ4n) is 3.92. The van der Waals surface area contributed by atoms with Crippen molar-refractivity contribution in [3.63, 3.8) is 0 Å². The van der Waals surface area contributed by atoms with Crippen LogP contribution in [0.2, 0.25) is 10.0 Å². The SMILES string of the molecule is CCc1cccc(-n2ncc3c(Cl)cc(Br)cc32)n1.OCc1cccc(-n2ncc3c(Cl)cc(Br)cc32)n1. The minimum absolute atomic E-state index is 0.0997. The Morgan fingerprint density at radius 1 is 0.737 bits per heavy atom. The van der Waals surface area contributed by atoms with Gasteiger partial charge >= 0.3 is 0 Å². The van der Waals surface area contributed by atoms with E-state index in [9.17, 15) is 0 Å². The first kappa shape index (κ1) is 26.8. The minimum atomic E-state index is -0.0997. The van der Waals surface area contributed by atoms with Crippen LogP contribution in [-0.4, -0.2) is 34.6 Å². The Morgan fingerprint density at radius 2 is 1.21 bits per heavy atom. The van der Waals surface area contributed by atoms with E-state index in [-0.39, 0.29) is 6.61 Å². The highest BCUT2D eigenvalue weighted by molar-refractivity contribution is 9.10. The molecule has 11 heteroatoms. The number of benzene rings is 2. The molecule has 0 unspecified atom stereocenters. The third kappa shape index (κ3) is 5.48. The molecular formula is C27H20Br2Cl2N6O. The summed E-state index contributed by atoms with van der Waals surface area (Å²) in [6.07, 6.45) is 4.37. The maximum absolute atomic E-state index is 9.14. The normalized spacial score (nSPS) is 11.1. The summed E-state index contributed by atoms with van der Waals surface area (Å²) in [5, 5.41) is 20.9. The summed E-state index contributed by atoms with van der Waals surface area (Å²) in [5.74, 6) is 1.46. The third-order valence-corrected chi connectivity index (χ3v) is 7.29. The molecule has 2 aromatic carbocycles. The van der Waals surface area contributed by atoms with Gasteiger partial charge in [-0.25, -0.2) is 19.3 Å². The summed E-state index contributed by atoms with van der Waals surface area (Å²) in [6.45, 7) is 1.98. The molecule has 6 aromatic rings. The van der Waals surface area contributed by atoms with Crippen molar-refractivity contribution in [3.05, 3.63) is 103 Å². The molecule has 0 aliphatic carbocycles. The molecule has 0 aliphatic rings. The number of halogens is 4. The third-order valence-electron chi connectivity index (χ3n) is 5.75. The molecule has 4 heterocycles. The van der Waals surface area contributed by atoms with E-state index in [1.54, 1.807) is 23.1 Å². The van der Waals surface area contributed by atoms with Crippen LogP contribution in [0.1, 0.15) is 18.3 Å². The molecule has 0 spiro atoms. The predicted molar refractivity (Wildman–Crippen MR) is 158 cm³/mol. The lowest BCUT2D eigenvalue weighted by molar-refractivity contribution is 0.276. The molecule has 1 N–H and O–H groups in total. The highest BCUT2D eigenvalue weighted by Crippen LogP contribution is 2.30. The Balaban J connectivity index is 0.000000155. The van der Waals surface area contributed by atoms with Crippen LogP contribution in [0, 0.1) is 0 Å². The van der Waals surface area contributed by atoms with E-state index in [4.69, 9.17) is 28.3 Å². The number of hydrogen-bond donors (Lipinski definition) is 1. The van der Waals surface area contributed by atoms with Gasteiger partial charge < -0.3 is 5.11 Å². The van der Waals surface area contributed by atoms with Crippen molar-refractivity contribution < 1.29 is 5.11 Å². The Kier molecular flexibility index (Phi) is 8.11. The van der Waals surface area contributed by atoms with Crippen molar-refractivity contribution in [2.45, 2.75) is 20.0 Å². The second-order valence-corrected chi connectivity index (χ2v) is 10.9. The molecule has 0 fully saturated rings. The van der Waals surface area contributed by atoms with Gasteiger partial charge in [-0.2, -0.15) is 10.2 Å². The number of fused-ring (bicyclic) bond motifs is 2. The van der Waals surface area contributed by atoms with Gasteiger partial charge in [0.25, 0.3) is 0 Å². The summed E-state index contributed by atoms with van der Waals surface area (Å²) in [4.78, 5) is 8.92. The van der Waals surface area contributed by atoms with Crippen molar-refractivity contribution >= 4 is 76.9 Å². The average Bonchev–Trinajstić information content (AvgIpc) is 3.54. The lowest BCUT2D eigenvalue weighted by Crippen LogP contribution is -2.01. The zero-order valence-electron chi connectivity index (χ0n) is 20.0. The first-order chi connectivity index (χ1) is 18.4. The van der Waals surface area contributed by atoms with E-state index in [0.717, 1.165) is 48.7 Å². The van der Waals surface area contributed by atoms with Gasteiger partial charge in [0.2, 0.25) is 0 Å². The largest absolute Gasteiger partial charge is 0.390 e. The molecule has 0 amide bonds. The van der Waals surface area contributed by atoms with Crippen LogP contribution >= 0.6 is 55.1 Å². The topological polar surface area (TPSA) is 81.6 Å². The van der Waals surface area contributed by atoms with E-state index in [1.165, 1.54) is 0 Å². The van der Waals surface area contributed by atoms with E-state index < -0.39 is 0 Å². The molecule has 192 valence electrons. The van der Waals surface area contributed by atoms with Crippen molar-refractivity contribution in [1.82, 2.24) is 29.5 Å². The number of aromatic nitrogens is 6. The quantitative estimate of drug-likeness (QED) is 0.207.